The Labute approximate surface area is 64.0 Å². The Morgan fingerprint density at radius 2 is 1.90 bits per heavy atom. The van der Waals surface area contributed by atoms with Crippen molar-refractivity contribution in [1.29, 1.82) is 0 Å². The molecule has 1 aliphatic rings. The van der Waals surface area contributed by atoms with Gasteiger partial charge in [-0.3, -0.25) is 0 Å². The fraction of sp³-hybridized carbons (Fsp3) is 0.889. The van der Waals surface area contributed by atoms with Crippen molar-refractivity contribution in [3.05, 3.63) is 6.04 Å². The summed E-state index contributed by atoms with van der Waals surface area (Å²) in [5, 5.41) is 0. The molecule has 0 saturated heterocycles. The van der Waals surface area contributed by atoms with Crippen LogP contribution in [0.2, 0.25) is 0 Å². The molecule has 0 amide bonds. The zero-order valence-corrected chi connectivity index (χ0v) is 6.90. The first-order chi connectivity index (χ1) is 4.84. The minimum atomic E-state index is 0.763. The lowest BCUT2D eigenvalue weighted by Gasteiger charge is -2.25. The van der Waals surface area contributed by atoms with Gasteiger partial charge in [0.15, 0.2) is 0 Å². The molecule has 0 aromatic heterocycles. The van der Waals surface area contributed by atoms with Crippen LogP contribution in [0.3, 0.4) is 0 Å². The van der Waals surface area contributed by atoms with Crippen LogP contribution < -0.4 is 5.73 Å². The normalized spacial score (nSPS) is 21.9. The zero-order chi connectivity index (χ0) is 7.40. The molecule has 0 unspecified atom stereocenters. The molecule has 0 aromatic carbocycles. The van der Waals surface area contributed by atoms with Crippen LogP contribution >= 0.6 is 0 Å². The van der Waals surface area contributed by atoms with Crippen LogP contribution in [0, 0.1) is 12.0 Å². The van der Waals surface area contributed by atoms with Gasteiger partial charge in [-0.05, 0) is 25.2 Å². The summed E-state index contributed by atoms with van der Waals surface area (Å²) < 4.78 is 0. The second kappa shape index (κ2) is 3.97. The number of hydrogen-bond acceptors (Lipinski definition) is 1. The third-order valence-electron chi connectivity index (χ3n) is 2.54. The molecule has 1 saturated carbocycles. The Kier molecular flexibility index (Phi) is 3.20. The van der Waals surface area contributed by atoms with E-state index in [4.69, 9.17) is 5.73 Å². The number of nitrogens with two attached hydrogens (primary N) is 1. The standard InChI is InChI=1S/C9H18N/c1-2-9(10)8-6-4-3-5-7-8/h8H,2-7,10H2,1H3. The molecule has 1 rings (SSSR count). The maximum Gasteiger partial charge on any atom is 0.0365 e. The predicted molar refractivity (Wildman–Crippen MR) is 44.3 cm³/mol. The average molecular weight is 140 g/mol. The SMILES string of the molecule is CC[C](N)C1CCCCC1. The Morgan fingerprint density at radius 1 is 1.30 bits per heavy atom. The van der Waals surface area contributed by atoms with E-state index in [1.54, 1.807) is 0 Å². The molecular weight excluding hydrogens is 122 g/mol. The second-order valence-corrected chi connectivity index (χ2v) is 3.26. The summed E-state index contributed by atoms with van der Waals surface area (Å²) in [6, 6.07) is 1.24. The molecule has 10 heavy (non-hydrogen) atoms. The topological polar surface area (TPSA) is 26.0 Å². The van der Waals surface area contributed by atoms with Gasteiger partial charge < -0.3 is 5.73 Å². The zero-order valence-electron chi connectivity index (χ0n) is 6.90. The van der Waals surface area contributed by atoms with Crippen molar-refractivity contribution in [2.45, 2.75) is 45.4 Å². The quantitative estimate of drug-likeness (QED) is 0.626. The van der Waals surface area contributed by atoms with Crippen LogP contribution in [0.25, 0.3) is 0 Å². The highest BCUT2D eigenvalue weighted by Crippen LogP contribution is 2.29. The van der Waals surface area contributed by atoms with Gasteiger partial charge in [-0.15, -0.1) is 0 Å². The van der Waals surface area contributed by atoms with E-state index in [0.29, 0.717) is 0 Å². The van der Waals surface area contributed by atoms with E-state index in [2.05, 4.69) is 6.92 Å². The Hall–Kier alpha value is -0.0400. The lowest BCUT2D eigenvalue weighted by atomic mass is 9.83. The van der Waals surface area contributed by atoms with Crippen LogP contribution in [-0.4, -0.2) is 0 Å². The van der Waals surface area contributed by atoms with Crippen LogP contribution in [-0.2, 0) is 0 Å². The van der Waals surface area contributed by atoms with Crippen molar-refractivity contribution >= 4 is 0 Å². The first-order valence-corrected chi connectivity index (χ1v) is 4.45. The average Bonchev–Trinajstić information content (AvgIpc) is 2.05. The number of rotatable bonds is 2. The Balaban J connectivity index is 2.24. The molecule has 1 radical (unpaired) electrons. The summed E-state index contributed by atoms with van der Waals surface area (Å²) in [6.45, 7) is 2.16. The summed E-state index contributed by atoms with van der Waals surface area (Å²) in [5.74, 6) is 0.763. The molecular formula is C9H18N. The van der Waals surface area contributed by atoms with Gasteiger partial charge >= 0.3 is 0 Å². The summed E-state index contributed by atoms with van der Waals surface area (Å²) in [4.78, 5) is 0. The van der Waals surface area contributed by atoms with Gasteiger partial charge in [0.25, 0.3) is 0 Å². The van der Waals surface area contributed by atoms with Gasteiger partial charge in [0.05, 0.1) is 0 Å². The molecule has 0 bridgehead atoms. The van der Waals surface area contributed by atoms with Gasteiger partial charge in [0.2, 0.25) is 0 Å². The summed E-state index contributed by atoms with van der Waals surface area (Å²) >= 11 is 0. The maximum absolute atomic E-state index is 5.86. The second-order valence-electron chi connectivity index (χ2n) is 3.26. The van der Waals surface area contributed by atoms with Gasteiger partial charge in [-0.2, -0.15) is 0 Å². The summed E-state index contributed by atoms with van der Waals surface area (Å²) in [5.41, 5.74) is 5.86. The maximum atomic E-state index is 5.86. The Morgan fingerprint density at radius 3 is 2.40 bits per heavy atom. The van der Waals surface area contributed by atoms with Crippen LogP contribution in [0.15, 0.2) is 0 Å². The molecule has 1 aliphatic carbocycles. The van der Waals surface area contributed by atoms with Crippen LogP contribution in [0.5, 0.6) is 0 Å². The predicted octanol–water partition coefficient (Wildman–Crippen LogP) is 2.47. The Bertz CT molecular complexity index is 84.7. The fourth-order valence-corrected chi connectivity index (χ4v) is 1.76. The van der Waals surface area contributed by atoms with E-state index in [9.17, 15) is 0 Å². The molecule has 1 fully saturated rings. The highest BCUT2D eigenvalue weighted by molar-refractivity contribution is 4.90. The first kappa shape index (κ1) is 8.06. The minimum Gasteiger partial charge on any atom is -0.323 e. The highest BCUT2D eigenvalue weighted by atomic mass is 14.6. The first-order valence-electron chi connectivity index (χ1n) is 4.45. The van der Waals surface area contributed by atoms with E-state index in [1.807, 2.05) is 0 Å². The number of hydrogen-bond donors (Lipinski definition) is 1. The van der Waals surface area contributed by atoms with Crippen molar-refractivity contribution in [2.75, 3.05) is 0 Å². The van der Waals surface area contributed by atoms with Crippen molar-refractivity contribution < 1.29 is 0 Å². The van der Waals surface area contributed by atoms with E-state index in [-0.39, 0.29) is 0 Å². The van der Waals surface area contributed by atoms with E-state index >= 15 is 0 Å². The fourth-order valence-electron chi connectivity index (χ4n) is 1.76. The third-order valence-corrected chi connectivity index (χ3v) is 2.54. The van der Waals surface area contributed by atoms with Crippen molar-refractivity contribution in [2.24, 2.45) is 11.7 Å². The van der Waals surface area contributed by atoms with Gasteiger partial charge in [0.1, 0.15) is 0 Å². The van der Waals surface area contributed by atoms with Gasteiger partial charge in [-0.25, -0.2) is 0 Å². The van der Waals surface area contributed by atoms with Gasteiger partial charge in [-0.1, -0.05) is 26.2 Å². The van der Waals surface area contributed by atoms with Crippen molar-refractivity contribution in [1.82, 2.24) is 0 Å². The van der Waals surface area contributed by atoms with E-state index < -0.39 is 0 Å². The van der Waals surface area contributed by atoms with Crippen LogP contribution in [0.1, 0.15) is 45.4 Å². The molecule has 0 atom stereocenters. The summed E-state index contributed by atoms with van der Waals surface area (Å²) in [7, 11) is 0. The summed E-state index contributed by atoms with van der Waals surface area (Å²) in [6.07, 6.45) is 7.98. The molecule has 0 aliphatic heterocycles. The van der Waals surface area contributed by atoms with E-state index in [0.717, 1.165) is 12.3 Å². The lowest BCUT2D eigenvalue weighted by Crippen LogP contribution is -2.22. The highest BCUT2D eigenvalue weighted by Gasteiger charge is 2.18. The monoisotopic (exact) mass is 140 g/mol. The van der Waals surface area contributed by atoms with Gasteiger partial charge in [0, 0.05) is 6.04 Å². The molecule has 0 aromatic rings. The molecule has 59 valence electrons. The third kappa shape index (κ3) is 1.98. The molecule has 0 spiro atoms. The van der Waals surface area contributed by atoms with Crippen LogP contribution in [0.4, 0.5) is 0 Å². The molecule has 1 nitrogen and oxygen atoms in total. The largest absolute Gasteiger partial charge is 0.323 e. The molecule has 1 heteroatoms. The smallest absolute Gasteiger partial charge is 0.0365 e. The van der Waals surface area contributed by atoms with Crippen molar-refractivity contribution in [3.63, 3.8) is 0 Å². The van der Waals surface area contributed by atoms with Crippen molar-refractivity contribution in [3.8, 4) is 0 Å². The lowest BCUT2D eigenvalue weighted by molar-refractivity contribution is 0.357. The molecule has 0 heterocycles. The minimum absolute atomic E-state index is 0.763. The molecule has 2 N–H and O–H groups in total. The van der Waals surface area contributed by atoms with E-state index in [1.165, 1.54) is 38.1 Å².